The number of primary amides is 1. The van der Waals surface area contributed by atoms with Crippen molar-refractivity contribution in [1.29, 1.82) is 0 Å². The van der Waals surface area contributed by atoms with Gasteiger partial charge in [-0.2, -0.15) is 0 Å². The van der Waals surface area contributed by atoms with Gasteiger partial charge < -0.3 is 20.2 Å². The van der Waals surface area contributed by atoms with E-state index in [1.807, 2.05) is 38.1 Å². The second kappa shape index (κ2) is 10.7. The lowest BCUT2D eigenvalue weighted by Crippen LogP contribution is -2.27. The predicted octanol–water partition coefficient (Wildman–Crippen LogP) is 6.25. The fourth-order valence-electron chi connectivity index (χ4n) is 4.56. The number of fused-ring (bicyclic) bond motifs is 1. The largest absolute Gasteiger partial charge is 0.490 e. The summed E-state index contributed by atoms with van der Waals surface area (Å²) in [6.07, 6.45) is 3.57. The molecule has 1 aromatic heterocycles. The van der Waals surface area contributed by atoms with E-state index in [9.17, 15) is 14.0 Å². The number of nitrogens with one attached hydrogen (secondary N) is 1. The Morgan fingerprint density at radius 2 is 1.84 bits per heavy atom. The summed E-state index contributed by atoms with van der Waals surface area (Å²) >= 11 is 0. The maximum Gasteiger partial charge on any atom is 0.252 e. The van der Waals surface area contributed by atoms with Gasteiger partial charge in [-0.15, -0.1) is 0 Å². The maximum atomic E-state index is 13.4. The van der Waals surface area contributed by atoms with Crippen LogP contribution >= 0.6 is 0 Å². The average molecular weight is 515 g/mol. The summed E-state index contributed by atoms with van der Waals surface area (Å²) < 4.78 is 25.7. The third kappa shape index (κ3) is 5.42. The van der Waals surface area contributed by atoms with Crippen molar-refractivity contribution in [2.24, 2.45) is 11.7 Å². The predicted molar refractivity (Wildman–Crippen MR) is 145 cm³/mol. The van der Waals surface area contributed by atoms with E-state index in [0.29, 0.717) is 52.5 Å². The molecule has 0 saturated heterocycles. The van der Waals surface area contributed by atoms with Crippen LogP contribution in [0.5, 0.6) is 5.75 Å². The van der Waals surface area contributed by atoms with Crippen LogP contribution in [-0.2, 0) is 6.42 Å². The molecule has 196 valence electrons. The third-order valence-electron chi connectivity index (χ3n) is 6.85. The zero-order chi connectivity index (χ0) is 26.8. The minimum atomic E-state index is -0.606. The molecule has 1 saturated carbocycles. The lowest BCUT2D eigenvalue weighted by Gasteiger charge is -2.27. The molecule has 38 heavy (non-hydrogen) atoms. The lowest BCUT2D eigenvalue weighted by molar-refractivity contribution is 0.0947. The number of rotatable bonds is 9. The van der Waals surface area contributed by atoms with Crippen LogP contribution in [0.15, 0.2) is 65.1 Å². The molecule has 0 unspecified atom stereocenters. The Kier molecular flexibility index (Phi) is 7.18. The first kappa shape index (κ1) is 25.5. The molecule has 1 aliphatic carbocycles. The van der Waals surface area contributed by atoms with Crippen molar-refractivity contribution in [3.05, 3.63) is 88.9 Å². The Morgan fingerprint density at radius 1 is 1.08 bits per heavy atom. The van der Waals surface area contributed by atoms with E-state index < -0.39 is 5.91 Å². The minimum Gasteiger partial charge on any atom is -0.490 e. The highest BCUT2D eigenvalue weighted by molar-refractivity contribution is 6.07. The van der Waals surface area contributed by atoms with Crippen molar-refractivity contribution in [3.63, 3.8) is 0 Å². The van der Waals surface area contributed by atoms with Gasteiger partial charge in [0.05, 0.1) is 11.7 Å². The van der Waals surface area contributed by atoms with Crippen LogP contribution in [0, 0.1) is 11.7 Å². The molecular formula is C31H31FN2O4. The number of hydrogen-bond acceptors (Lipinski definition) is 4. The Bertz CT molecular complexity index is 1490. The highest BCUT2D eigenvalue weighted by Crippen LogP contribution is 2.38. The normalized spacial score (nSPS) is 13.5. The highest BCUT2D eigenvalue weighted by Gasteiger charge is 2.23. The van der Waals surface area contributed by atoms with Crippen molar-refractivity contribution < 1.29 is 23.1 Å². The zero-order valence-electron chi connectivity index (χ0n) is 21.6. The second-order valence-corrected chi connectivity index (χ2v) is 10.3. The average Bonchev–Trinajstić information content (AvgIpc) is 3.23. The molecular weight excluding hydrogens is 483 g/mol. The number of carbonyl (C=O) groups is 2. The smallest absolute Gasteiger partial charge is 0.252 e. The lowest BCUT2D eigenvalue weighted by atomic mass is 9.95. The Labute approximate surface area is 221 Å². The fraction of sp³-hybridized carbons (Fsp3) is 0.290. The van der Waals surface area contributed by atoms with Crippen LogP contribution in [-0.4, -0.2) is 24.5 Å². The number of ether oxygens (including phenoxy) is 1. The summed E-state index contributed by atoms with van der Waals surface area (Å²) in [4.78, 5) is 25.4. The molecule has 3 aromatic carbocycles. The van der Waals surface area contributed by atoms with Gasteiger partial charge in [-0.1, -0.05) is 32.0 Å². The van der Waals surface area contributed by atoms with E-state index in [4.69, 9.17) is 14.9 Å². The van der Waals surface area contributed by atoms with E-state index in [1.54, 1.807) is 24.3 Å². The molecule has 0 spiro atoms. The van der Waals surface area contributed by atoms with Crippen molar-refractivity contribution in [2.75, 3.05) is 6.54 Å². The quantitative estimate of drug-likeness (QED) is 0.276. The van der Waals surface area contributed by atoms with Crippen LogP contribution in [0.25, 0.3) is 22.1 Å². The molecule has 7 heteroatoms. The first-order chi connectivity index (χ1) is 18.3. The van der Waals surface area contributed by atoms with E-state index in [2.05, 4.69) is 5.32 Å². The zero-order valence-corrected chi connectivity index (χ0v) is 21.6. The Hall–Kier alpha value is -4.13. The molecule has 3 N–H and O–H groups in total. The summed E-state index contributed by atoms with van der Waals surface area (Å²) in [5.74, 6) is 0.344. The summed E-state index contributed by atoms with van der Waals surface area (Å²) in [6, 6.07) is 17.0. The molecule has 0 atom stereocenters. The molecule has 0 bridgehead atoms. The highest BCUT2D eigenvalue weighted by atomic mass is 19.1. The molecule has 2 amide bonds. The molecule has 4 aromatic rings. The van der Waals surface area contributed by atoms with Crippen LogP contribution in [0.1, 0.15) is 65.1 Å². The number of halogens is 1. The van der Waals surface area contributed by atoms with Gasteiger partial charge in [0.15, 0.2) is 0 Å². The topological polar surface area (TPSA) is 94.6 Å². The van der Waals surface area contributed by atoms with Crippen molar-refractivity contribution >= 4 is 22.8 Å². The van der Waals surface area contributed by atoms with E-state index in [-0.39, 0.29) is 17.8 Å². The SMILES string of the molecule is CC(C)CNC(=O)c1ccc(OC2CCC2)c(-c2ccc3oc(Cc4ccc(F)cc4)c(C(N)=O)c3c2)c1. The van der Waals surface area contributed by atoms with Gasteiger partial charge >= 0.3 is 0 Å². The fourth-order valence-corrected chi connectivity index (χ4v) is 4.56. The Morgan fingerprint density at radius 3 is 2.50 bits per heavy atom. The standard InChI is InChI=1S/C31H31FN2O4/c1-18(2)17-34-31(36)21-9-13-26(37-23-4-3-5-23)24(16-21)20-8-12-27-25(15-20)29(30(33)35)28(38-27)14-19-6-10-22(32)11-7-19/h6-13,15-16,18,23H,3-5,14,17H2,1-2H3,(H2,33,35)(H,34,36). The molecule has 1 aliphatic rings. The summed E-state index contributed by atoms with van der Waals surface area (Å²) in [7, 11) is 0. The van der Waals surface area contributed by atoms with Gasteiger partial charge in [-0.05, 0) is 78.8 Å². The molecule has 0 aliphatic heterocycles. The van der Waals surface area contributed by atoms with E-state index in [0.717, 1.165) is 36.0 Å². The van der Waals surface area contributed by atoms with Crippen LogP contribution in [0.2, 0.25) is 0 Å². The van der Waals surface area contributed by atoms with Gasteiger partial charge in [-0.25, -0.2) is 4.39 Å². The number of amides is 2. The molecule has 1 fully saturated rings. The van der Waals surface area contributed by atoms with Crippen LogP contribution in [0.4, 0.5) is 4.39 Å². The number of nitrogens with two attached hydrogens (primary N) is 1. The number of hydrogen-bond donors (Lipinski definition) is 2. The first-order valence-electron chi connectivity index (χ1n) is 13.0. The minimum absolute atomic E-state index is 0.149. The molecule has 6 nitrogen and oxygen atoms in total. The van der Waals surface area contributed by atoms with E-state index in [1.165, 1.54) is 12.1 Å². The van der Waals surface area contributed by atoms with Gasteiger partial charge in [0.25, 0.3) is 11.8 Å². The van der Waals surface area contributed by atoms with Gasteiger partial charge in [0.2, 0.25) is 0 Å². The van der Waals surface area contributed by atoms with Gasteiger partial charge in [0, 0.05) is 29.5 Å². The van der Waals surface area contributed by atoms with E-state index >= 15 is 0 Å². The summed E-state index contributed by atoms with van der Waals surface area (Å²) in [6.45, 7) is 4.67. The third-order valence-corrected chi connectivity index (χ3v) is 6.85. The van der Waals surface area contributed by atoms with Crippen molar-refractivity contribution in [2.45, 2.75) is 45.6 Å². The molecule has 5 rings (SSSR count). The monoisotopic (exact) mass is 514 g/mol. The summed E-state index contributed by atoms with van der Waals surface area (Å²) in [5, 5.41) is 3.54. The second-order valence-electron chi connectivity index (χ2n) is 10.3. The molecule has 0 radical (unpaired) electrons. The van der Waals surface area contributed by atoms with Gasteiger partial charge in [-0.3, -0.25) is 9.59 Å². The van der Waals surface area contributed by atoms with Crippen LogP contribution in [0.3, 0.4) is 0 Å². The summed E-state index contributed by atoms with van der Waals surface area (Å²) in [5.41, 5.74) is 9.47. The van der Waals surface area contributed by atoms with Crippen molar-refractivity contribution in [3.8, 4) is 16.9 Å². The number of furan rings is 1. The molecule has 1 heterocycles. The first-order valence-corrected chi connectivity index (χ1v) is 13.0. The Balaban J connectivity index is 1.56. The van der Waals surface area contributed by atoms with Gasteiger partial charge in [0.1, 0.15) is 22.9 Å². The number of carbonyl (C=O) groups excluding carboxylic acids is 2. The number of benzene rings is 3. The maximum absolute atomic E-state index is 13.4. The van der Waals surface area contributed by atoms with Crippen molar-refractivity contribution in [1.82, 2.24) is 5.32 Å². The van der Waals surface area contributed by atoms with Crippen LogP contribution < -0.4 is 15.8 Å².